The highest BCUT2D eigenvalue weighted by Gasteiger charge is 2.13. The van der Waals surface area contributed by atoms with Gasteiger partial charge < -0.3 is 19.5 Å². The highest BCUT2D eigenvalue weighted by Crippen LogP contribution is 2.28. The van der Waals surface area contributed by atoms with Crippen LogP contribution in [0.2, 0.25) is 0 Å². The van der Waals surface area contributed by atoms with E-state index in [1.54, 1.807) is 25.1 Å². The molecule has 9 nitrogen and oxygen atoms in total. The molecule has 0 radical (unpaired) electrons. The van der Waals surface area contributed by atoms with Crippen LogP contribution >= 0.6 is 0 Å². The van der Waals surface area contributed by atoms with Gasteiger partial charge in [-0.15, -0.1) is 6.58 Å². The van der Waals surface area contributed by atoms with Gasteiger partial charge in [-0.1, -0.05) is 12.1 Å². The second-order valence-electron chi connectivity index (χ2n) is 6.23. The van der Waals surface area contributed by atoms with Crippen LogP contribution in [-0.2, 0) is 20.7 Å². The maximum atomic E-state index is 12.0. The molecule has 0 saturated heterocycles. The summed E-state index contributed by atoms with van der Waals surface area (Å²) in [4.78, 5) is 34.1. The molecule has 0 aliphatic heterocycles. The van der Waals surface area contributed by atoms with Crippen LogP contribution < -0.4 is 14.8 Å². The number of amides is 1. The Labute approximate surface area is 173 Å². The summed E-state index contributed by atoms with van der Waals surface area (Å²) in [7, 11) is 1.49. The van der Waals surface area contributed by atoms with Crippen molar-refractivity contribution in [2.45, 2.75) is 13.3 Å². The molecule has 0 spiro atoms. The topological polar surface area (TPSA) is 117 Å². The Balaban J connectivity index is 1.84. The lowest BCUT2D eigenvalue weighted by Crippen LogP contribution is -2.24. The first-order chi connectivity index (χ1) is 14.3. The maximum absolute atomic E-state index is 12.0. The van der Waals surface area contributed by atoms with Crippen molar-refractivity contribution in [1.29, 1.82) is 0 Å². The number of anilines is 1. The minimum atomic E-state index is -0.734. The fraction of sp³-hybridized carbons (Fsp3) is 0.238. The van der Waals surface area contributed by atoms with Crippen LogP contribution in [0, 0.1) is 17.0 Å². The highest BCUT2D eigenvalue weighted by atomic mass is 16.6. The molecular weight excluding hydrogens is 392 g/mol. The molecule has 1 amide bonds. The number of non-ortho nitro benzene ring substituents is 1. The van der Waals surface area contributed by atoms with Crippen molar-refractivity contribution < 1.29 is 28.7 Å². The number of nitrogens with zero attached hydrogens (tertiary/aromatic N) is 1. The van der Waals surface area contributed by atoms with Crippen molar-refractivity contribution in [3.05, 3.63) is 70.3 Å². The number of nitro groups is 1. The number of methoxy groups -OCH3 is 1. The number of aryl methyl sites for hydroxylation is 1. The lowest BCUT2D eigenvalue weighted by atomic mass is 10.1. The molecule has 0 unspecified atom stereocenters. The molecule has 0 saturated carbocycles. The fourth-order valence-electron chi connectivity index (χ4n) is 2.54. The molecule has 0 fully saturated rings. The molecular formula is C21H22N2O7. The summed E-state index contributed by atoms with van der Waals surface area (Å²) >= 11 is 0. The molecule has 0 heterocycles. The van der Waals surface area contributed by atoms with Gasteiger partial charge in [0.25, 0.3) is 11.6 Å². The van der Waals surface area contributed by atoms with Gasteiger partial charge in [-0.3, -0.25) is 14.9 Å². The molecule has 2 aromatic carbocycles. The Morgan fingerprint density at radius 3 is 2.57 bits per heavy atom. The van der Waals surface area contributed by atoms with Crippen molar-refractivity contribution in [2.75, 3.05) is 25.6 Å². The molecule has 0 aliphatic rings. The van der Waals surface area contributed by atoms with E-state index in [0.29, 0.717) is 29.2 Å². The van der Waals surface area contributed by atoms with E-state index in [-0.39, 0.29) is 5.69 Å². The standard InChI is InChI=1S/C21H22N2O7/c1-4-5-15-6-9-18(19(11-15)28-3)29-13-21(25)30-12-20(24)22-17-8-7-16(23(26)27)10-14(17)2/h4,6-11H,1,5,12-13H2,2-3H3,(H,22,24). The van der Waals surface area contributed by atoms with Crippen LogP contribution in [0.1, 0.15) is 11.1 Å². The summed E-state index contributed by atoms with van der Waals surface area (Å²) in [6.45, 7) is 4.38. The van der Waals surface area contributed by atoms with Crippen molar-refractivity contribution in [1.82, 2.24) is 0 Å². The van der Waals surface area contributed by atoms with Gasteiger partial charge >= 0.3 is 5.97 Å². The molecule has 0 aromatic heterocycles. The Hall–Kier alpha value is -3.88. The van der Waals surface area contributed by atoms with Crippen LogP contribution in [0.15, 0.2) is 49.1 Å². The highest BCUT2D eigenvalue weighted by molar-refractivity contribution is 5.93. The maximum Gasteiger partial charge on any atom is 0.344 e. The van der Waals surface area contributed by atoms with Crippen LogP contribution in [0.25, 0.3) is 0 Å². The van der Waals surface area contributed by atoms with E-state index in [1.165, 1.54) is 25.3 Å². The van der Waals surface area contributed by atoms with Crippen molar-refractivity contribution in [3.63, 3.8) is 0 Å². The number of nitrogens with one attached hydrogen (secondary N) is 1. The number of hydrogen-bond acceptors (Lipinski definition) is 7. The molecule has 2 rings (SSSR count). The van der Waals surface area contributed by atoms with Gasteiger partial charge in [-0.05, 0) is 42.7 Å². The number of rotatable bonds is 10. The Morgan fingerprint density at radius 1 is 1.17 bits per heavy atom. The van der Waals surface area contributed by atoms with Gasteiger partial charge in [0.15, 0.2) is 24.7 Å². The number of carbonyl (C=O) groups excluding carboxylic acids is 2. The van der Waals surface area contributed by atoms with E-state index in [0.717, 1.165) is 5.56 Å². The molecule has 30 heavy (non-hydrogen) atoms. The third-order valence-electron chi connectivity index (χ3n) is 4.01. The lowest BCUT2D eigenvalue weighted by Gasteiger charge is -2.12. The Morgan fingerprint density at radius 2 is 1.93 bits per heavy atom. The third-order valence-corrected chi connectivity index (χ3v) is 4.01. The quantitative estimate of drug-likeness (QED) is 0.275. The molecule has 2 aromatic rings. The SMILES string of the molecule is C=CCc1ccc(OCC(=O)OCC(=O)Nc2ccc([N+](=O)[O-])cc2C)c(OC)c1. The predicted octanol–water partition coefficient (Wildman–Crippen LogP) is 3.20. The summed E-state index contributed by atoms with van der Waals surface area (Å²) in [5, 5.41) is 13.3. The van der Waals surface area contributed by atoms with E-state index in [2.05, 4.69) is 11.9 Å². The van der Waals surface area contributed by atoms with Gasteiger partial charge in [0.2, 0.25) is 0 Å². The fourth-order valence-corrected chi connectivity index (χ4v) is 2.54. The van der Waals surface area contributed by atoms with Gasteiger partial charge in [0.05, 0.1) is 12.0 Å². The van der Waals surface area contributed by atoms with E-state index in [4.69, 9.17) is 14.2 Å². The Kier molecular flexibility index (Phi) is 7.92. The van der Waals surface area contributed by atoms with Crippen molar-refractivity contribution >= 4 is 23.3 Å². The first-order valence-electron chi connectivity index (χ1n) is 8.95. The van der Waals surface area contributed by atoms with E-state index in [1.807, 2.05) is 6.07 Å². The predicted molar refractivity (Wildman–Crippen MR) is 110 cm³/mol. The zero-order chi connectivity index (χ0) is 22.1. The molecule has 0 aliphatic carbocycles. The number of esters is 1. The molecule has 0 atom stereocenters. The first kappa shape index (κ1) is 22.4. The van der Waals surface area contributed by atoms with Gasteiger partial charge in [-0.2, -0.15) is 0 Å². The van der Waals surface area contributed by atoms with Crippen molar-refractivity contribution in [3.8, 4) is 11.5 Å². The van der Waals surface area contributed by atoms with Crippen LogP contribution in [0.4, 0.5) is 11.4 Å². The third kappa shape index (κ3) is 6.33. The minimum Gasteiger partial charge on any atom is -0.493 e. The number of carbonyl (C=O) groups is 2. The van der Waals surface area contributed by atoms with Gasteiger partial charge in [-0.25, -0.2) is 4.79 Å². The largest absolute Gasteiger partial charge is 0.493 e. The first-order valence-corrected chi connectivity index (χ1v) is 8.95. The summed E-state index contributed by atoms with van der Waals surface area (Å²) in [5.41, 5.74) is 1.80. The van der Waals surface area contributed by atoms with Crippen LogP contribution in [0.5, 0.6) is 11.5 Å². The number of ether oxygens (including phenoxy) is 3. The smallest absolute Gasteiger partial charge is 0.344 e. The summed E-state index contributed by atoms with van der Waals surface area (Å²) < 4.78 is 15.6. The average molecular weight is 414 g/mol. The normalized spacial score (nSPS) is 10.1. The lowest BCUT2D eigenvalue weighted by molar-refractivity contribution is -0.384. The zero-order valence-electron chi connectivity index (χ0n) is 16.7. The number of hydrogen-bond donors (Lipinski definition) is 1. The number of benzene rings is 2. The van der Waals surface area contributed by atoms with E-state index < -0.39 is 30.0 Å². The average Bonchev–Trinajstić information content (AvgIpc) is 2.72. The second-order valence-corrected chi connectivity index (χ2v) is 6.23. The zero-order valence-corrected chi connectivity index (χ0v) is 16.7. The van der Waals surface area contributed by atoms with Crippen molar-refractivity contribution in [2.24, 2.45) is 0 Å². The summed E-state index contributed by atoms with van der Waals surface area (Å²) in [6.07, 6.45) is 2.43. The minimum absolute atomic E-state index is 0.0815. The molecule has 1 N–H and O–H groups in total. The van der Waals surface area contributed by atoms with E-state index >= 15 is 0 Å². The molecule has 9 heteroatoms. The molecule has 158 valence electrons. The van der Waals surface area contributed by atoms with E-state index in [9.17, 15) is 19.7 Å². The van der Waals surface area contributed by atoms with Gasteiger partial charge in [0.1, 0.15) is 0 Å². The molecule has 0 bridgehead atoms. The van der Waals surface area contributed by atoms with Crippen LogP contribution in [0.3, 0.4) is 0 Å². The van der Waals surface area contributed by atoms with Gasteiger partial charge in [0, 0.05) is 17.8 Å². The summed E-state index contributed by atoms with van der Waals surface area (Å²) in [5.74, 6) is -0.476. The second kappa shape index (κ2) is 10.6. The number of allylic oxidation sites excluding steroid dienone is 1. The Bertz CT molecular complexity index is 956. The monoisotopic (exact) mass is 414 g/mol. The van der Waals surface area contributed by atoms with Crippen LogP contribution in [-0.4, -0.2) is 37.1 Å². The summed E-state index contributed by atoms with van der Waals surface area (Å²) in [6, 6.07) is 9.31. The number of nitro benzene ring substituents is 1.